The number of esters is 2. The number of hydrogen-bond donors (Lipinski definition) is 2. The second-order valence-corrected chi connectivity index (χ2v) is 40.1. The van der Waals surface area contributed by atoms with Crippen LogP contribution in [0.5, 0.6) is 0 Å². The fraction of sp³-hybridized carbons (Fsp3) is 0.442. The van der Waals surface area contributed by atoms with Crippen LogP contribution in [0.2, 0.25) is 71.0 Å². The molecule has 0 aromatic heterocycles. The molecule has 0 fully saturated rings. The second-order valence-electron chi connectivity index (χ2n) is 21.4. The highest BCUT2D eigenvalue weighted by atomic mass is 127. The molecule has 0 aliphatic heterocycles. The van der Waals surface area contributed by atoms with Gasteiger partial charge in [-0.25, -0.2) is 4.79 Å². The Bertz CT molecular complexity index is 1990. The summed E-state index contributed by atoms with van der Waals surface area (Å²) in [5.41, 5.74) is 9.94. The van der Waals surface area contributed by atoms with E-state index >= 15 is 0 Å². The van der Waals surface area contributed by atoms with Gasteiger partial charge >= 0.3 is 17.9 Å². The Labute approximate surface area is 408 Å². The van der Waals surface area contributed by atoms with Crippen molar-refractivity contribution in [1.29, 1.82) is 0 Å². The minimum Gasteiger partial charge on any atom is -0.480 e. The summed E-state index contributed by atoms with van der Waals surface area (Å²) in [6, 6.07) is 40.0. The predicted octanol–water partition coefficient (Wildman–Crippen LogP) is 12.5. The highest BCUT2D eigenvalue weighted by Gasteiger charge is 2.30. The number of hydrogen-bond acceptors (Lipinski definition) is 8. The third-order valence-corrected chi connectivity index (χ3v) is 19.2. The van der Waals surface area contributed by atoms with Crippen molar-refractivity contribution < 1.29 is 29.0 Å². The average molecular weight is 1050 g/mol. The first-order chi connectivity index (χ1) is 29.9. The normalized spacial score (nSPS) is 12.4. The standard InChI is InChI=1S/C23H31NO2Si.C19H21NO2.C6H15NO2Si.C4H11ISi/c1-23(2,3)26-22(25)20(17-27(4,5)6)24-21(18-13-9-7-10-14-18)19-15-11-8-12-16-19;1-19(2,3)22-17(21)14-20-18(15-10-6-4-7-11-15)16-12-8-5-9-13-16;1-10(2,3)4-5(7)6(8)9;1-6(2,3)4-5/h7-16,20H,17H2,1-6H3;4-13H,14H2,1-3H3;5H,4,7H2,1-3H3,(H,8,9);4H2,1-3H3. The van der Waals surface area contributed by atoms with Crippen LogP contribution in [0.3, 0.4) is 0 Å². The number of ether oxygens (including phenoxy) is 2. The maximum absolute atomic E-state index is 12.9. The SMILES string of the molecule is CC(C)(C)OC(=O)C(C[Si](C)(C)C)N=C(c1ccccc1)c1ccccc1.CC(C)(C)OC(=O)CN=C(c1ccccc1)c1ccccc1.C[Si](C)(C)CC(N)C(=O)O.C[Si](C)(C)CI. The third kappa shape index (κ3) is 28.6. The van der Waals surface area contributed by atoms with Crippen molar-refractivity contribution in [3.63, 3.8) is 0 Å². The Morgan fingerprint density at radius 3 is 1.15 bits per heavy atom. The molecule has 0 saturated carbocycles. The van der Waals surface area contributed by atoms with E-state index in [2.05, 4.69) is 86.5 Å². The molecule has 2 unspecified atom stereocenters. The van der Waals surface area contributed by atoms with Gasteiger partial charge in [0.05, 0.1) is 19.5 Å². The van der Waals surface area contributed by atoms with Gasteiger partial charge in [-0.15, -0.1) is 0 Å². The van der Waals surface area contributed by atoms with E-state index in [0.717, 1.165) is 39.7 Å². The minimum atomic E-state index is -1.54. The molecule has 0 radical (unpaired) electrons. The van der Waals surface area contributed by atoms with Crippen molar-refractivity contribution in [3.05, 3.63) is 144 Å². The maximum atomic E-state index is 12.9. The van der Waals surface area contributed by atoms with Crippen LogP contribution >= 0.6 is 22.6 Å². The molecule has 9 nitrogen and oxygen atoms in total. The number of benzene rings is 4. The van der Waals surface area contributed by atoms with E-state index in [1.807, 2.05) is 163 Å². The van der Waals surface area contributed by atoms with Crippen LogP contribution in [0, 0.1) is 0 Å². The molecule has 65 heavy (non-hydrogen) atoms. The number of rotatable bonds is 14. The van der Waals surface area contributed by atoms with Gasteiger partial charge in [-0.3, -0.25) is 19.6 Å². The molecular formula is C52H78IN3O6Si3. The lowest BCUT2D eigenvalue weighted by Gasteiger charge is -2.26. The summed E-state index contributed by atoms with van der Waals surface area (Å²) in [5, 5.41) is 8.44. The van der Waals surface area contributed by atoms with E-state index < -0.39 is 53.5 Å². The molecule has 0 spiro atoms. The molecule has 0 aliphatic rings. The molecule has 0 amide bonds. The molecule has 0 heterocycles. The Balaban J connectivity index is 0.000000494. The first kappa shape index (κ1) is 59.0. The van der Waals surface area contributed by atoms with E-state index in [1.54, 1.807) is 0 Å². The maximum Gasteiger partial charge on any atom is 0.331 e. The quantitative estimate of drug-likeness (QED) is 0.0421. The Morgan fingerprint density at radius 1 is 0.569 bits per heavy atom. The lowest BCUT2D eigenvalue weighted by atomic mass is 10.0. The molecular weight excluding hydrogens is 974 g/mol. The average Bonchev–Trinajstić information content (AvgIpc) is 3.19. The van der Waals surface area contributed by atoms with Gasteiger partial charge in [-0.1, -0.05) is 203 Å². The zero-order valence-corrected chi connectivity index (χ0v) is 47.0. The van der Waals surface area contributed by atoms with Gasteiger partial charge in [0, 0.05) is 38.4 Å². The van der Waals surface area contributed by atoms with Crippen LogP contribution < -0.4 is 5.73 Å². The fourth-order valence-electron chi connectivity index (χ4n) is 5.60. The molecule has 0 saturated heterocycles. The molecule has 0 bridgehead atoms. The van der Waals surface area contributed by atoms with Crippen LogP contribution in [-0.4, -0.2) is 92.5 Å². The summed E-state index contributed by atoms with van der Waals surface area (Å²) in [5.74, 6) is -1.45. The van der Waals surface area contributed by atoms with Crippen LogP contribution in [0.1, 0.15) is 63.8 Å². The summed E-state index contributed by atoms with van der Waals surface area (Å²) < 4.78 is 12.4. The Morgan fingerprint density at radius 2 is 0.892 bits per heavy atom. The van der Waals surface area contributed by atoms with Gasteiger partial charge in [-0.05, 0) is 57.7 Å². The molecule has 2 atom stereocenters. The molecule has 3 N–H and O–H groups in total. The first-order valence-electron chi connectivity index (χ1n) is 22.2. The van der Waals surface area contributed by atoms with Gasteiger partial charge < -0.3 is 20.3 Å². The predicted molar refractivity (Wildman–Crippen MR) is 292 cm³/mol. The number of carboxylic acids is 1. The van der Waals surface area contributed by atoms with E-state index in [0.29, 0.717) is 6.04 Å². The van der Waals surface area contributed by atoms with Crippen LogP contribution in [0.25, 0.3) is 0 Å². The lowest BCUT2D eigenvalue weighted by Crippen LogP contribution is -2.37. The van der Waals surface area contributed by atoms with Crippen LogP contribution in [-0.2, 0) is 23.9 Å². The molecule has 13 heteroatoms. The van der Waals surface area contributed by atoms with Gasteiger partial charge in [0.2, 0.25) is 0 Å². The van der Waals surface area contributed by atoms with Crippen LogP contribution in [0.15, 0.2) is 131 Å². The van der Waals surface area contributed by atoms with Gasteiger partial charge in [-0.2, -0.15) is 0 Å². The monoisotopic (exact) mass is 1050 g/mol. The molecule has 4 aromatic rings. The number of nitrogens with two attached hydrogens (primary N) is 1. The fourth-order valence-corrected chi connectivity index (χ4v) is 8.51. The molecule has 4 aromatic carbocycles. The smallest absolute Gasteiger partial charge is 0.331 e. The van der Waals surface area contributed by atoms with E-state index in [1.165, 1.54) is 4.05 Å². The topological polar surface area (TPSA) is 141 Å². The van der Waals surface area contributed by atoms with Crippen molar-refractivity contribution in [1.82, 2.24) is 0 Å². The van der Waals surface area contributed by atoms with Crippen molar-refractivity contribution >= 4 is 76.1 Å². The van der Waals surface area contributed by atoms with Gasteiger partial charge in [0.1, 0.15) is 29.8 Å². The Kier molecular flexibility index (Phi) is 25.0. The highest BCUT2D eigenvalue weighted by Crippen LogP contribution is 2.22. The number of carboxylic acid groups (broad SMARTS) is 1. The number of aliphatic carboxylic acids is 1. The largest absolute Gasteiger partial charge is 0.480 e. The van der Waals surface area contributed by atoms with E-state index in [9.17, 15) is 14.4 Å². The van der Waals surface area contributed by atoms with Crippen molar-refractivity contribution in [2.45, 2.75) is 136 Å². The number of nitrogens with zero attached hydrogens (tertiary/aromatic N) is 2. The number of aliphatic imine (C=N–C) groups is 2. The van der Waals surface area contributed by atoms with Crippen molar-refractivity contribution in [2.75, 3.05) is 10.6 Å². The summed E-state index contributed by atoms with van der Waals surface area (Å²) in [6.45, 7) is 31.5. The molecule has 356 valence electrons. The van der Waals surface area contributed by atoms with Gasteiger partial charge in [0.25, 0.3) is 0 Å². The lowest BCUT2D eigenvalue weighted by molar-refractivity contribution is -0.156. The molecule has 0 aliphatic carbocycles. The Hall–Kier alpha value is -4.03. The minimum absolute atomic E-state index is 0.0103. The summed E-state index contributed by atoms with van der Waals surface area (Å²) in [6.07, 6.45) is 0. The van der Waals surface area contributed by atoms with Crippen molar-refractivity contribution in [2.24, 2.45) is 15.7 Å². The zero-order chi connectivity index (χ0) is 49.6. The summed E-state index contributed by atoms with van der Waals surface area (Å²) in [4.78, 5) is 44.6. The highest BCUT2D eigenvalue weighted by molar-refractivity contribution is 14.1. The van der Waals surface area contributed by atoms with Crippen LogP contribution in [0.4, 0.5) is 0 Å². The van der Waals surface area contributed by atoms with E-state index in [4.69, 9.17) is 25.3 Å². The summed E-state index contributed by atoms with van der Waals surface area (Å²) >= 11 is 2.46. The molecule has 4 rings (SSSR count). The van der Waals surface area contributed by atoms with Crippen molar-refractivity contribution in [3.8, 4) is 0 Å². The second kappa shape index (κ2) is 27.6. The zero-order valence-electron chi connectivity index (χ0n) is 41.9. The first-order valence-corrected chi connectivity index (χ1v) is 34.9. The number of halogens is 1. The number of alkyl halides is 1. The number of carbonyl (C=O) groups is 3. The number of carbonyl (C=O) groups excluding carboxylic acids is 2. The summed E-state index contributed by atoms with van der Waals surface area (Å²) in [7, 11) is -3.47. The van der Waals surface area contributed by atoms with Gasteiger partial charge in [0.15, 0.2) is 0 Å². The van der Waals surface area contributed by atoms with E-state index in [-0.39, 0.29) is 18.5 Å². The third-order valence-electron chi connectivity index (χ3n) is 8.30.